The van der Waals surface area contributed by atoms with Crippen LogP contribution < -0.4 is 0 Å². The lowest BCUT2D eigenvalue weighted by atomic mass is 9.52. The molecule has 2 aliphatic heterocycles. The SMILES string of the molecule is CCC(C)(BN1C(=O)C2(C1=O)C(=O)N(C(C)(CC)CC)C2=O)CC. The van der Waals surface area contributed by atoms with Gasteiger partial charge in [-0.1, -0.05) is 47.5 Å². The largest absolute Gasteiger partial charge is 0.329 e. The molecule has 0 bridgehead atoms. The lowest BCUT2D eigenvalue weighted by Crippen LogP contribution is -2.87. The zero-order valence-electron chi connectivity index (χ0n) is 15.6. The molecule has 6 nitrogen and oxygen atoms in total. The second kappa shape index (κ2) is 5.71. The molecule has 2 rings (SSSR count). The average molecular weight is 334 g/mol. The summed E-state index contributed by atoms with van der Waals surface area (Å²) in [5.41, 5.74) is -2.70. The lowest BCUT2D eigenvalue weighted by Gasteiger charge is -2.58. The first-order valence-electron chi connectivity index (χ1n) is 8.85. The van der Waals surface area contributed by atoms with Crippen molar-refractivity contribution >= 4 is 31.0 Å². The molecule has 0 aromatic rings. The summed E-state index contributed by atoms with van der Waals surface area (Å²) in [6.07, 6.45) is 2.80. The minimum Gasteiger partial charge on any atom is -0.329 e. The fourth-order valence-electron chi connectivity index (χ4n) is 3.42. The minimum atomic E-state index is -2.06. The summed E-state index contributed by atoms with van der Waals surface area (Å²) < 4.78 is 0. The van der Waals surface area contributed by atoms with Crippen LogP contribution in [0, 0.1) is 5.41 Å². The topological polar surface area (TPSA) is 74.8 Å². The Balaban J connectivity index is 2.24. The summed E-state index contributed by atoms with van der Waals surface area (Å²) in [6, 6.07) is 0. The third kappa shape index (κ3) is 2.02. The Morgan fingerprint density at radius 1 is 0.792 bits per heavy atom. The molecule has 0 aromatic carbocycles. The number of carbonyl (C=O) groups is 4. The highest BCUT2D eigenvalue weighted by molar-refractivity contribution is 6.62. The molecule has 0 atom stereocenters. The van der Waals surface area contributed by atoms with Crippen molar-refractivity contribution in [1.29, 1.82) is 0 Å². The van der Waals surface area contributed by atoms with Gasteiger partial charge in [0.05, 0.1) is 0 Å². The van der Waals surface area contributed by atoms with Crippen LogP contribution in [0.3, 0.4) is 0 Å². The molecular weight excluding hydrogens is 307 g/mol. The van der Waals surface area contributed by atoms with Crippen molar-refractivity contribution in [2.24, 2.45) is 5.41 Å². The molecule has 0 N–H and O–H groups in total. The fourth-order valence-corrected chi connectivity index (χ4v) is 3.42. The number of nitrogens with zero attached hydrogens (tertiary/aromatic N) is 2. The maximum absolute atomic E-state index is 12.6. The number of rotatable bonds is 7. The van der Waals surface area contributed by atoms with E-state index < -0.39 is 34.6 Å². The first-order valence-corrected chi connectivity index (χ1v) is 8.85. The van der Waals surface area contributed by atoms with Crippen LogP contribution in [-0.4, -0.2) is 46.3 Å². The van der Waals surface area contributed by atoms with Gasteiger partial charge in [0.1, 0.15) is 0 Å². The van der Waals surface area contributed by atoms with Gasteiger partial charge in [0.15, 0.2) is 0 Å². The van der Waals surface area contributed by atoms with E-state index in [2.05, 4.69) is 0 Å². The number of amides is 4. The van der Waals surface area contributed by atoms with Gasteiger partial charge in [0, 0.05) is 5.54 Å². The number of hydrogen-bond acceptors (Lipinski definition) is 4. The van der Waals surface area contributed by atoms with Crippen LogP contribution in [0.2, 0.25) is 5.31 Å². The third-order valence-electron chi connectivity index (χ3n) is 6.49. The zero-order chi connectivity index (χ0) is 18.5. The molecule has 2 saturated heterocycles. The summed E-state index contributed by atoms with van der Waals surface area (Å²) in [5, 5.41) is -0.191. The summed E-state index contributed by atoms with van der Waals surface area (Å²) in [5.74, 6) is -2.55. The molecule has 0 radical (unpaired) electrons. The van der Waals surface area contributed by atoms with E-state index in [4.69, 9.17) is 0 Å². The highest BCUT2D eigenvalue weighted by Crippen LogP contribution is 2.50. The van der Waals surface area contributed by atoms with Gasteiger partial charge in [0.2, 0.25) is 0 Å². The number of likely N-dealkylation sites (tertiary alicyclic amines) is 1. The Hall–Kier alpha value is -1.66. The van der Waals surface area contributed by atoms with Crippen LogP contribution in [0.15, 0.2) is 0 Å². The van der Waals surface area contributed by atoms with Crippen LogP contribution in [0.4, 0.5) is 0 Å². The molecule has 24 heavy (non-hydrogen) atoms. The van der Waals surface area contributed by atoms with E-state index in [0.29, 0.717) is 12.8 Å². The molecule has 2 aliphatic rings. The smallest absolute Gasteiger partial charge is 0.282 e. The van der Waals surface area contributed by atoms with Crippen molar-refractivity contribution in [3.05, 3.63) is 0 Å². The lowest BCUT2D eigenvalue weighted by molar-refractivity contribution is -0.201. The second-order valence-electron chi connectivity index (χ2n) is 7.61. The zero-order valence-corrected chi connectivity index (χ0v) is 15.6. The van der Waals surface area contributed by atoms with Gasteiger partial charge in [-0.15, -0.1) is 0 Å². The first kappa shape index (κ1) is 18.7. The minimum absolute atomic E-state index is 0.191. The summed E-state index contributed by atoms with van der Waals surface area (Å²) >= 11 is 0. The van der Waals surface area contributed by atoms with Crippen LogP contribution in [0.1, 0.15) is 67.2 Å². The van der Waals surface area contributed by atoms with Crippen molar-refractivity contribution in [3.63, 3.8) is 0 Å². The van der Waals surface area contributed by atoms with Crippen LogP contribution in [0.5, 0.6) is 0 Å². The van der Waals surface area contributed by atoms with Gasteiger partial charge < -0.3 is 4.81 Å². The van der Waals surface area contributed by atoms with Crippen molar-refractivity contribution in [1.82, 2.24) is 9.71 Å². The number of β-lactam (4-membered cyclic amide) rings is 4. The van der Waals surface area contributed by atoms with E-state index >= 15 is 0 Å². The van der Waals surface area contributed by atoms with E-state index in [1.807, 2.05) is 41.5 Å². The standard InChI is InChI=1S/C17H27BN2O4/c1-7-15(5,8-2)18-20-13(23)17(14(20)24)11(21)19(12(17)22)16(6,9-3)10-4/h18H,7-10H2,1-6H3. The fraction of sp³-hybridized carbons (Fsp3) is 0.765. The van der Waals surface area contributed by atoms with Gasteiger partial charge in [-0.2, -0.15) is 0 Å². The van der Waals surface area contributed by atoms with Crippen LogP contribution in [0.25, 0.3) is 0 Å². The molecule has 0 unspecified atom stereocenters. The molecule has 2 fully saturated rings. The molecular formula is C17H27BN2O4. The maximum Gasteiger partial charge on any atom is 0.282 e. The maximum atomic E-state index is 12.6. The van der Waals surface area contributed by atoms with Crippen molar-refractivity contribution in [2.45, 2.75) is 78.1 Å². The van der Waals surface area contributed by atoms with Gasteiger partial charge >= 0.3 is 0 Å². The first-order chi connectivity index (χ1) is 11.1. The predicted octanol–water partition coefficient (Wildman–Crippen LogP) is 1.64. The van der Waals surface area contributed by atoms with Gasteiger partial charge in [-0.25, -0.2) is 0 Å². The molecule has 132 valence electrons. The highest BCUT2D eigenvalue weighted by atomic mass is 16.2. The second-order valence-corrected chi connectivity index (χ2v) is 7.61. The average Bonchev–Trinajstić information content (AvgIpc) is 2.59. The Bertz CT molecular complexity index is 574. The monoisotopic (exact) mass is 334 g/mol. The Labute approximate surface area is 144 Å². The quantitative estimate of drug-likeness (QED) is 0.403. The molecule has 0 aromatic heterocycles. The molecule has 0 saturated carbocycles. The van der Waals surface area contributed by atoms with Gasteiger partial charge in [-0.3, -0.25) is 24.1 Å². The van der Waals surface area contributed by atoms with E-state index in [9.17, 15) is 19.2 Å². The predicted molar refractivity (Wildman–Crippen MR) is 91.2 cm³/mol. The molecule has 4 amide bonds. The number of hydrogen-bond donors (Lipinski definition) is 0. The van der Waals surface area contributed by atoms with Crippen molar-refractivity contribution < 1.29 is 19.2 Å². The van der Waals surface area contributed by atoms with Gasteiger partial charge in [0.25, 0.3) is 36.5 Å². The van der Waals surface area contributed by atoms with Crippen molar-refractivity contribution in [2.75, 3.05) is 0 Å². The Kier molecular flexibility index (Phi) is 4.44. The molecule has 7 heteroatoms. The van der Waals surface area contributed by atoms with E-state index in [1.165, 1.54) is 0 Å². The normalized spacial score (nSPS) is 20.4. The van der Waals surface area contributed by atoms with Gasteiger partial charge in [-0.05, 0) is 25.1 Å². The van der Waals surface area contributed by atoms with E-state index in [1.54, 1.807) is 0 Å². The summed E-state index contributed by atoms with van der Waals surface area (Å²) in [6.45, 7) is 11.6. The number of imide groups is 2. The number of carbonyl (C=O) groups excluding carboxylic acids is 4. The third-order valence-corrected chi connectivity index (χ3v) is 6.49. The summed E-state index contributed by atoms with van der Waals surface area (Å²) in [7, 11) is 0.263. The molecule has 1 spiro atoms. The highest BCUT2D eigenvalue weighted by Gasteiger charge is 2.81. The molecule has 0 aliphatic carbocycles. The Morgan fingerprint density at radius 3 is 1.54 bits per heavy atom. The van der Waals surface area contributed by atoms with E-state index in [0.717, 1.165) is 22.6 Å². The summed E-state index contributed by atoms with van der Waals surface area (Å²) in [4.78, 5) is 52.7. The molecule has 2 heterocycles. The van der Waals surface area contributed by atoms with Crippen LogP contribution >= 0.6 is 0 Å². The van der Waals surface area contributed by atoms with E-state index in [-0.39, 0.29) is 12.7 Å². The Morgan fingerprint density at radius 2 is 1.21 bits per heavy atom. The van der Waals surface area contributed by atoms with Crippen LogP contribution in [-0.2, 0) is 19.2 Å². The van der Waals surface area contributed by atoms with Crippen molar-refractivity contribution in [3.8, 4) is 0 Å².